The molecule has 1 fully saturated rings. The second-order valence-electron chi connectivity index (χ2n) is 5.64. The summed E-state index contributed by atoms with van der Waals surface area (Å²) in [5.74, 6) is 1.20. The van der Waals surface area contributed by atoms with E-state index in [0.29, 0.717) is 41.9 Å². The van der Waals surface area contributed by atoms with Gasteiger partial charge in [0.15, 0.2) is 0 Å². The van der Waals surface area contributed by atoms with Gasteiger partial charge in [0.25, 0.3) is 5.91 Å². The van der Waals surface area contributed by atoms with Gasteiger partial charge in [-0.15, -0.1) is 0 Å². The molecule has 1 aliphatic heterocycles. The van der Waals surface area contributed by atoms with Crippen LogP contribution in [0.5, 0.6) is 5.88 Å². The van der Waals surface area contributed by atoms with Crippen LogP contribution in [0.2, 0.25) is 0 Å². The highest BCUT2D eigenvalue weighted by Crippen LogP contribution is 2.29. The molecule has 0 N–H and O–H groups in total. The first kappa shape index (κ1) is 15.3. The Morgan fingerprint density at radius 2 is 2.04 bits per heavy atom. The summed E-state index contributed by atoms with van der Waals surface area (Å²) in [6.45, 7) is 1.03. The van der Waals surface area contributed by atoms with Crippen LogP contribution in [0.3, 0.4) is 0 Å². The van der Waals surface area contributed by atoms with Gasteiger partial charge in [0.05, 0.1) is 13.0 Å². The van der Waals surface area contributed by atoms with E-state index < -0.39 is 0 Å². The molecule has 0 unspecified atom stereocenters. The Labute approximate surface area is 143 Å². The maximum absolute atomic E-state index is 12.5. The van der Waals surface area contributed by atoms with Crippen molar-refractivity contribution in [3.63, 3.8) is 0 Å². The molecule has 25 heavy (non-hydrogen) atoms. The summed E-state index contributed by atoms with van der Waals surface area (Å²) < 4.78 is 10.5. The summed E-state index contributed by atoms with van der Waals surface area (Å²) in [5, 5.41) is 3.96. The predicted octanol–water partition coefficient (Wildman–Crippen LogP) is 1.77. The monoisotopic (exact) mass is 337 g/mol. The Kier molecular flexibility index (Phi) is 3.85. The Morgan fingerprint density at radius 1 is 1.20 bits per heavy atom. The normalized spacial score (nSPS) is 14.2. The molecule has 0 atom stereocenters. The summed E-state index contributed by atoms with van der Waals surface area (Å²) in [6.07, 6.45) is 3.27. The average Bonchev–Trinajstić information content (AvgIpc) is 3.10. The van der Waals surface area contributed by atoms with Crippen LogP contribution >= 0.6 is 0 Å². The van der Waals surface area contributed by atoms with Gasteiger partial charge in [-0.1, -0.05) is 11.2 Å². The molecule has 1 aliphatic rings. The molecule has 0 aromatic carbocycles. The second kappa shape index (κ2) is 6.31. The zero-order chi connectivity index (χ0) is 17.2. The number of carbonyl (C=O) groups is 1. The van der Waals surface area contributed by atoms with Gasteiger partial charge >= 0.3 is 0 Å². The van der Waals surface area contributed by atoms with Crippen LogP contribution in [-0.2, 0) is 0 Å². The first-order chi connectivity index (χ1) is 12.3. The lowest BCUT2D eigenvalue weighted by Gasteiger charge is -2.37. The molecule has 0 spiro atoms. The van der Waals surface area contributed by atoms with Crippen molar-refractivity contribution in [2.45, 2.75) is 5.92 Å². The van der Waals surface area contributed by atoms with Crippen molar-refractivity contribution in [3.05, 3.63) is 54.2 Å². The van der Waals surface area contributed by atoms with Gasteiger partial charge in [0.2, 0.25) is 17.6 Å². The number of aromatic nitrogens is 4. The van der Waals surface area contributed by atoms with Crippen molar-refractivity contribution in [3.8, 4) is 17.4 Å². The van der Waals surface area contributed by atoms with E-state index in [1.54, 1.807) is 29.4 Å². The van der Waals surface area contributed by atoms with Crippen molar-refractivity contribution in [1.82, 2.24) is 25.0 Å². The summed E-state index contributed by atoms with van der Waals surface area (Å²) >= 11 is 0. The third-order valence-electron chi connectivity index (χ3n) is 4.05. The van der Waals surface area contributed by atoms with Gasteiger partial charge in [-0.05, 0) is 24.3 Å². The molecule has 0 saturated carbocycles. The number of hydrogen-bond donors (Lipinski definition) is 0. The fourth-order valence-electron chi connectivity index (χ4n) is 2.69. The molecule has 0 aliphatic carbocycles. The number of methoxy groups -OCH3 is 1. The van der Waals surface area contributed by atoms with Crippen LogP contribution in [0, 0.1) is 0 Å². The number of carbonyl (C=O) groups excluding carboxylic acids is 1. The van der Waals surface area contributed by atoms with Crippen LogP contribution in [-0.4, -0.2) is 51.1 Å². The number of pyridine rings is 2. The van der Waals surface area contributed by atoms with E-state index in [1.165, 1.54) is 7.11 Å². The first-order valence-electron chi connectivity index (χ1n) is 7.79. The number of amides is 1. The van der Waals surface area contributed by atoms with Gasteiger partial charge in [-0.3, -0.25) is 9.78 Å². The lowest BCUT2D eigenvalue weighted by molar-refractivity contribution is 0.0565. The molecule has 8 nitrogen and oxygen atoms in total. The minimum atomic E-state index is -0.120. The third kappa shape index (κ3) is 2.82. The molecule has 126 valence electrons. The molecule has 8 heteroatoms. The first-order valence-corrected chi connectivity index (χ1v) is 7.79. The maximum atomic E-state index is 12.5. The van der Waals surface area contributed by atoms with E-state index in [2.05, 4.69) is 20.1 Å². The van der Waals surface area contributed by atoms with Gasteiger partial charge in [-0.25, -0.2) is 4.98 Å². The number of rotatable bonds is 4. The summed E-state index contributed by atoms with van der Waals surface area (Å²) in [7, 11) is 1.50. The molecule has 1 amide bonds. The quantitative estimate of drug-likeness (QED) is 0.716. The number of ether oxygens (including phenoxy) is 1. The van der Waals surface area contributed by atoms with E-state index in [0.717, 1.165) is 0 Å². The highest BCUT2D eigenvalue weighted by Gasteiger charge is 2.37. The molecular weight excluding hydrogens is 322 g/mol. The van der Waals surface area contributed by atoms with Crippen molar-refractivity contribution in [1.29, 1.82) is 0 Å². The van der Waals surface area contributed by atoms with Crippen LogP contribution in [0.4, 0.5) is 0 Å². The van der Waals surface area contributed by atoms with E-state index in [-0.39, 0.29) is 11.8 Å². The molecule has 3 aromatic rings. The minimum Gasteiger partial charge on any atom is -0.480 e. The summed E-state index contributed by atoms with van der Waals surface area (Å²) in [6, 6.07) is 8.92. The van der Waals surface area contributed by atoms with E-state index >= 15 is 0 Å². The number of hydrogen-bond acceptors (Lipinski definition) is 7. The number of nitrogens with zero attached hydrogens (tertiary/aromatic N) is 5. The Bertz CT molecular complexity index is 890. The van der Waals surface area contributed by atoms with Crippen molar-refractivity contribution in [2.24, 2.45) is 0 Å². The highest BCUT2D eigenvalue weighted by molar-refractivity contribution is 5.96. The van der Waals surface area contributed by atoms with Crippen LogP contribution in [0.25, 0.3) is 11.5 Å². The van der Waals surface area contributed by atoms with E-state index in [4.69, 9.17) is 9.26 Å². The Balaban J connectivity index is 1.44. The fourth-order valence-corrected chi connectivity index (χ4v) is 2.69. The average molecular weight is 337 g/mol. The highest BCUT2D eigenvalue weighted by atomic mass is 16.5. The van der Waals surface area contributed by atoms with Crippen molar-refractivity contribution >= 4 is 5.91 Å². The molecule has 0 radical (unpaired) electrons. The molecule has 0 bridgehead atoms. The van der Waals surface area contributed by atoms with Crippen LogP contribution < -0.4 is 4.74 Å². The second-order valence-corrected chi connectivity index (χ2v) is 5.64. The Morgan fingerprint density at radius 3 is 2.80 bits per heavy atom. The zero-order valence-corrected chi connectivity index (χ0v) is 13.5. The largest absolute Gasteiger partial charge is 0.480 e. The van der Waals surface area contributed by atoms with Crippen LogP contribution in [0.1, 0.15) is 22.2 Å². The SMILES string of the molecule is COc1ncccc1C(=O)N1CC(c2nc(-c3ccccn3)no2)C1. The lowest BCUT2D eigenvalue weighted by Crippen LogP contribution is -2.48. The zero-order valence-electron chi connectivity index (χ0n) is 13.5. The number of likely N-dealkylation sites (tertiary alicyclic amines) is 1. The van der Waals surface area contributed by atoms with Crippen LogP contribution in [0.15, 0.2) is 47.2 Å². The smallest absolute Gasteiger partial charge is 0.259 e. The summed E-state index contributed by atoms with van der Waals surface area (Å²) in [4.78, 5) is 26.9. The fraction of sp³-hybridized carbons (Fsp3) is 0.235. The predicted molar refractivity (Wildman–Crippen MR) is 87.0 cm³/mol. The molecule has 4 rings (SSSR count). The van der Waals surface area contributed by atoms with Gasteiger partial charge in [0, 0.05) is 25.5 Å². The van der Waals surface area contributed by atoms with Gasteiger partial charge in [0.1, 0.15) is 11.3 Å². The molecule has 4 heterocycles. The maximum Gasteiger partial charge on any atom is 0.259 e. The van der Waals surface area contributed by atoms with E-state index in [9.17, 15) is 4.79 Å². The Hall–Kier alpha value is -3.29. The summed E-state index contributed by atoms with van der Waals surface area (Å²) in [5.41, 5.74) is 1.10. The third-order valence-corrected chi connectivity index (χ3v) is 4.05. The molecule has 3 aromatic heterocycles. The van der Waals surface area contributed by atoms with Gasteiger partial charge in [-0.2, -0.15) is 4.98 Å². The molecular formula is C17H15N5O3. The minimum absolute atomic E-state index is 0.0246. The standard InChI is InChI=1S/C17H15N5O3/c1-24-16-12(5-4-8-19-16)17(23)22-9-11(10-22)15-20-14(21-25-15)13-6-2-3-7-18-13/h2-8,11H,9-10H2,1H3. The van der Waals surface area contributed by atoms with E-state index in [1.807, 2.05) is 18.2 Å². The molecule has 1 saturated heterocycles. The lowest BCUT2D eigenvalue weighted by atomic mass is 9.99. The topological polar surface area (TPSA) is 94.2 Å². The van der Waals surface area contributed by atoms with Crippen molar-refractivity contribution in [2.75, 3.05) is 20.2 Å². The van der Waals surface area contributed by atoms with Gasteiger partial charge < -0.3 is 14.2 Å². The van der Waals surface area contributed by atoms with Crippen molar-refractivity contribution < 1.29 is 14.1 Å².